The van der Waals surface area contributed by atoms with Crippen molar-refractivity contribution in [3.63, 3.8) is 0 Å². The van der Waals surface area contributed by atoms with Crippen LogP contribution in [0.25, 0.3) is 11.5 Å². The number of carbonyl (C=O) groups is 2. The van der Waals surface area contributed by atoms with Crippen molar-refractivity contribution in [2.45, 2.75) is 44.4 Å². The summed E-state index contributed by atoms with van der Waals surface area (Å²) >= 11 is 2.65. The van der Waals surface area contributed by atoms with E-state index < -0.39 is 0 Å². The Kier molecular flexibility index (Phi) is 8.40. The first kappa shape index (κ1) is 26.0. The number of hydrogen-bond acceptors (Lipinski definition) is 8. The zero-order valence-corrected chi connectivity index (χ0v) is 22.6. The number of thiophene rings is 1. The van der Waals surface area contributed by atoms with Crippen LogP contribution in [0.5, 0.6) is 5.75 Å². The summed E-state index contributed by atoms with van der Waals surface area (Å²) in [6.07, 6.45) is 3.90. The van der Waals surface area contributed by atoms with Gasteiger partial charge in [0.05, 0.1) is 23.5 Å². The van der Waals surface area contributed by atoms with E-state index in [-0.39, 0.29) is 22.8 Å². The summed E-state index contributed by atoms with van der Waals surface area (Å²) < 4.78 is 11.4. The van der Waals surface area contributed by atoms with Gasteiger partial charge in [-0.3, -0.25) is 9.59 Å². The van der Waals surface area contributed by atoms with E-state index in [1.165, 1.54) is 16.2 Å². The summed E-state index contributed by atoms with van der Waals surface area (Å²) in [7, 11) is 0. The quantitative estimate of drug-likeness (QED) is 0.244. The molecule has 1 aliphatic rings. The van der Waals surface area contributed by atoms with Crippen LogP contribution >= 0.6 is 23.1 Å². The van der Waals surface area contributed by atoms with E-state index in [1.807, 2.05) is 61.5 Å². The molecular weight excluding hydrogens is 520 g/mol. The fraction of sp³-hybridized carbons (Fsp3) is 0.286. The number of carbonyl (C=O) groups excluding carboxylic acids is 2. The van der Waals surface area contributed by atoms with Gasteiger partial charge in [0.15, 0.2) is 0 Å². The number of rotatable bonds is 10. The Morgan fingerprint density at radius 3 is 2.68 bits per heavy atom. The fourth-order valence-corrected chi connectivity index (χ4v) is 6.22. The minimum Gasteiger partial charge on any atom is -0.493 e. The minimum atomic E-state index is -0.236. The highest BCUT2D eigenvalue weighted by molar-refractivity contribution is 7.99. The fourth-order valence-electron chi connectivity index (χ4n) is 4.35. The zero-order chi connectivity index (χ0) is 26.3. The lowest BCUT2D eigenvalue weighted by molar-refractivity contribution is -0.113. The Labute approximate surface area is 229 Å². The summed E-state index contributed by atoms with van der Waals surface area (Å²) in [4.78, 5) is 27.3. The van der Waals surface area contributed by atoms with Crippen molar-refractivity contribution in [2.24, 2.45) is 0 Å². The summed E-state index contributed by atoms with van der Waals surface area (Å²) in [5, 5.41) is 15.1. The third-order valence-electron chi connectivity index (χ3n) is 6.10. The highest BCUT2D eigenvalue weighted by atomic mass is 32.2. The third-order valence-corrected chi connectivity index (χ3v) is 8.12. The lowest BCUT2D eigenvalue weighted by atomic mass is 9.95. The van der Waals surface area contributed by atoms with E-state index in [1.54, 1.807) is 0 Å². The van der Waals surface area contributed by atoms with Crippen molar-refractivity contribution in [3.8, 4) is 17.2 Å². The molecule has 0 saturated heterocycles. The van der Waals surface area contributed by atoms with Gasteiger partial charge in [0.1, 0.15) is 10.8 Å². The molecule has 5 rings (SSSR count). The van der Waals surface area contributed by atoms with E-state index in [2.05, 4.69) is 20.8 Å². The van der Waals surface area contributed by atoms with Crippen LogP contribution in [0.2, 0.25) is 0 Å². The van der Waals surface area contributed by atoms with Crippen LogP contribution in [-0.2, 0) is 24.2 Å². The summed E-state index contributed by atoms with van der Waals surface area (Å²) in [6.45, 7) is 2.86. The molecule has 8 nitrogen and oxygen atoms in total. The van der Waals surface area contributed by atoms with E-state index in [0.717, 1.165) is 48.6 Å². The molecule has 0 atom stereocenters. The number of anilines is 1. The van der Waals surface area contributed by atoms with Gasteiger partial charge in [-0.25, -0.2) is 0 Å². The number of nitrogens with zero attached hydrogens (tertiary/aromatic N) is 2. The highest BCUT2D eigenvalue weighted by Crippen LogP contribution is 2.38. The van der Waals surface area contributed by atoms with Gasteiger partial charge in [0.25, 0.3) is 17.0 Å². The summed E-state index contributed by atoms with van der Waals surface area (Å²) in [6, 6.07) is 17.2. The zero-order valence-electron chi connectivity index (χ0n) is 21.0. The number of nitrogens with one attached hydrogen (secondary N) is 2. The largest absolute Gasteiger partial charge is 0.493 e. The molecular formula is C28H28N4O4S2. The van der Waals surface area contributed by atoms with E-state index >= 15 is 0 Å². The van der Waals surface area contributed by atoms with Crippen molar-refractivity contribution in [3.05, 3.63) is 76.2 Å². The first-order valence-electron chi connectivity index (χ1n) is 12.6. The molecule has 0 saturated carbocycles. The summed E-state index contributed by atoms with van der Waals surface area (Å²) in [5.41, 5.74) is 3.37. The van der Waals surface area contributed by atoms with Gasteiger partial charge in [-0.2, -0.15) is 0 Å². The molecule has 2 amide bonds. The van der Waals surface area contributed by atoms with Crippen LogP contribution in [0.3, 0.4) is 0 Å². The van der Waals surface area contributed by atoms with E-state index in [4.69, 9.17) is 9.15 Å². The molecule has 0 radical (unpaired) electrons. The predicted octanol–water partition coefficient (Wildman–Crippen LogP) is 5.74. The number of para-hydroxylation sites is 1. The van der Waals surface area contributed by atoms with Crippen molar-refractivity contribution in [1.82, 2.24) is 15.5 Å². The average molecular weight is 549 g/mol. The number of aromatic nitrogens is 2. The Morgan fingerprint density at radius 1 is 1.05 bits per heavy atom. The molecule has 0 spiro atoms. The van der Waals surface area contributed by atoms with E-state index in [9.17, 15) is 9.59 Å². The van der Waals surface area contributed by atoms with Crippen LogP contribution in [0.4, 0.5) is 5.00 Å². The molecule has 2 aromatic carbocycles. The summed E-state index contributed by atoms with van der Waals surface area (Å²) in [5.74, 6) is 0.668. The molecule has 1 aliphatic carbocycles. The Hall–Kier alpha value is -3.63. The molecule has 196 valence electrons. The molecule has 4 aromatic rings. The maximum Gasteiger partial charge on any atom is 0.277 e. The number of thioether (sulfide) groups is 1. The second-order valence-electron chi connectivity index (χ2n) is 8.72. The first-order valence-corrected chi connectivity index (χ1v) is 14.4. The lowest BCUT2D eigenvalue weighted by Gasteiger charge is -2.13. The second-order valence-corrected chi connectivity index (χ2v) is 10.8. The number of hydrogen-bond donors (Lipinski definition) is 2. The topological polar surface area (TPSA) is 106 Å². The number of fused-ring (bicyclic) bond motifs is 1. The van der Waals surface area contributed by atoms with Crippen molar-refractivity contribution in [1.29, 1.82) is 0 Å². The van der Waals surface area contributed by atoms with Crippen molar-refractivity contribution >= 4 is 39.9 Å². The standard InChI is InChI=1S/C28H28N4O4S2/c1-2-35-21-14-8-6-12-19(21)26-31-32-28(36-26)37-17-23(33)30-27-24(20-13-7-9-15-22(20)38-27)25(34)29-16-18-10-4-3-5-11-18/h3-6,8,10-12,14H,2,7,9,13,15-17H2,1H3,(H,29,34)(H,30,33). The Balaban J connectivity index is 1.25. The second kappa shape index (κ2) is 12.3. The van der Waals surface area contributed by atoms with Gasteiger partial charge in [0, 0.05) is 11.4 Å². The van der Waals surface area contributed by atoms with Gasteiger partial charge in [-0.1, -0.05) is 54.2 Å². The van der Waals surface area contributed by atoms with Gasteiger partial charge in [-0.15, -0.1) is 21.5 Å². The molecule has 10 heteroatoms. The monoisotopic (exact) mass is 548 g/mol. The van der Waals surface area contributed by atoms with Gasteiger partial charge in [0.2, 0.25) is 5.91 Å². The first-order chi connectivity index (χ1) is 18.6. The van der Waals surface area contributed by atoms with Crippen molar-refractivity contribution in [2.75, 3.05) is 17.7 Å². The molecule has 38 heavy (non-hydrogen) atoms. The smallest absolute Gasteiger partial charge is 0.277 e. The number of amides is 2. The molecule has 0 fully saturated rings. The normalized spacial score (nSPS) is 12.6. The van der Waals surface area contributed by atoms with Crippen LogP contribution in [-0.4, -0.2) is 34.4 Å². The minimum absolute atomic E-state index is 0.0718. The lowest BCUT2D eigenvalue weighted by Crippen LogP contribution is -2.25. The maximum atomic E-state index is 13.2. The average Bonchev–Trinajstić information content (AvgIpc) is 3.56. The molecule has 2 N–H and O–H groups in total. The molecule has 2 heterocycles. The molecule has 0 bridgehead atoms. The molecule has 0 aliphatic heterocycles. The van der Waals surface area contributed by atoms with Gasteiger partial charge < -0.3 is 19.8 Å². The SMILES string of the molecule is CCOc1ccccc1-c1nnc(SCC(=O)Nc2sc3c(c2C(=O)NCc2ccccc2)CCCC3)o1. The molecule has 0 unspecified atom stereocenters. The Bertz CT molecular complexity index is 1420. The van der Waals surface area contributed by atoms with Crippen LogP contribution in [0.1, 0.15) is 46.1 Å². The maximum absolute atomic E-state index is 13.2. The van der Waals surface area contributed by atoms with E-state index in [0.29, 0.717) is 40.9 Å². The highest BCUT2D eigenvalue weighted by Gasteiger charge is 2.26. The Morgan fingerprint density at radius 2 is 1.84 bits per heavy atom. The number of benzene rings is 2. The van der Waals surface area contributed by atoms with Crippen LogP contribution in [0.15, 0.2) is 64.2 Å². The van der Waals surface area contributed by atoms with Gasteiger partial charge in [-0.05, 0) is 55.9 Å². The third kappa shape index (κ3) is 6.08. The number of aryl methyl sites for hydroxylation is 1. The number of ether oxygens (including phenoxy) is 1. The van der Waals surface area contributed by atoms with Gasteiger partial charge >= 0.3 is 0 Å². The predicted molar refractivity (Wildman–Crippen MR) is 149 cm³/mol. The molecule has 2 aromatic heterocycles. The van der Waals surface area contributed by atoms with Crippen molar-refractivity contribution < 1.29 is 18.7 Å². The van der Waals surface area contributed by atoms with Crippen LogP contribution < -0.4 is 15.4 Å². The van der Waals surface area contributed by atoms with Crippen LogP contribution in [0, 0.1) is 0 Å².